The third-order valence-corrected chi connectivity index (χ3v) is 3.95. The van der Waals surface area contributed by atoms with E-state index in [1.165, 1.54) is 12.1 Å². The van der Waals surface area contributed by atoms with Crippen molar-refractivity contribution in [2.75, 3.05) is 5.32 Å². The number of phenols is 1. The summed E-state index contributed by atoms with van der Waals surface area (Å²) in [5.74, 6) is -0.0209. The molecule has 0 saturated heterocycles. The summed E-state index contributed by atoms with van der Waals surface area (Å²) < 4.78 is 14.4. The Kier molecular flexibility index (Phi) is 4.45. The van der Waals surface area contributed by atoms with Crippen LogP contribution in [0, 0.1) is 9.39 Å². The number of nitrogens with one attached hydrogen (secondary N) is 1. The summed E-state index contributed by atoms with van der Waals surface area (Å²) in [5.41, 5.74) is 1.92. The molecular weight excluding hydrogens is 412 g/mol. The Morgan fingerprint density at radius 2 is 2.00 bits per heavy atom. The van der Waals surface area contributed by atoms with Crippen LogP contribution in [0.15, 0.2) is 40.9 Å². The lowest BCUT2D eigenvalue weighted by atomic mass is 10.2. The average molecular weight is 422 g/mol. The molecule has 5 heteroatoms. The van der Waals surface area contributed by atoms with Crippen LogP contribution in [0.5, 0.6) is 5.75 Å². The maximum atomic E-state index is 12.9. The highest BCUT2D eigenvalue weighted by atomic mass is 127. The third-order valence-electron chi connectivity index (χ3n) is 2.43. The SMILES string of the molecule is Oc1ccc(CNc2ccc(F)cc2I)cc1Br. The average Bonchev–Trinajstić information content (AvgIpc) is 2.32. The number of hydrogen-bond donors (Lipinski definition) is 2. The fourth-order valence-corrected chi connectivity index (χ4v) is 2.58. The fraction of sp³-hybridized carbons (Fsp3) is 0.0769. The van der Waals surface area contributed by atoms with Gasteiger partial charge in [-0.05, 0) is 74.4 Å². The smallest absolute Gasteiger partial charge is 0.129 e. The molecule has 0 aliphatic carbocycles. The van der Waals surface area contributed by atoms with E-state index in [1.54, 1.807) is 12.1 Å². The standard InChI is InChI=1S/C13H10BrFINO/c14-10-5-8(1-4-13(10)18)7-17-12-3-2-9(15)6-11(12)16/h1-6,17-18H,7H2. The van der Waals surface area contributed by atoms with Crippen LogP contribution in [0.4, 0.5) is 10.1 Å². The minimum Gasteiger partial charge on any atom is -0.507 e. The molecule has 2 rings (SSSR count). The summed E-state index contributed by atoms with van der Waals surface area (Å²) in [6.45, 7) is 0.612. The zero-order valence-corrected chi connectivity index (χ0v) is 13.0. The van der Waals surface area contributed by atoms with Crippen LogP contribution in [0.2, 0.25) is 0 Å². The summed E-state index contributed by atoms with van der Waals surface area (Å²) in [5, 5.41) is 12.6. The lowest BCUT2D eigenvalue weighted by Gasteiger charge is -2.09. The Morgan fingerprint density at radius 3 is 2.67 bits per heavy atom. The summed E-state index contributed by atoms with van der Waals surface area (Å²) in [6.07, 6.45) is 0. The van der Waals surface area contributed by atoms with E-state index in [9.17, 15) is 9.50 Å². The molecule has 0 amide bonds. The van der Waals surface area contributed by atoms with Gasteiger partial charge < -0.3 is 10.4 Å². The molecule has 0 bridgehead atoms. The molecule has 0 radical (unpaired) electrons. The first kappa shape index (κ1) is 13.6. The normalized spacial score (nSPS) is 10.4. The van der Waals surface area contributed by atoms with E-state index in [4.69, 9.17) is 0 Å². The summed E-state index contributed by atoms with van der Waals surface area (Å²) in [7, 11) is 0. The number of rotatable bonds is 3. The van der Waals surface area contributed by atoms with Gasteiger partial charge in [0.2, 0.25) is 0 Å². The van der Waals surface area contributed by atoms with Crippen molar-refractivity contribution in [2.45, 2.75) is 6.54 Å². The van der Waals surface area contributed by atoms with E-state index < -0.39 is 0 Å². The van der Waals surface area contributed by atoms with Gasteiger partial charge >= 0.3 is 0 Å². The minimum atomic E-state index is -0.239. The van der Waals surface area contributed by atoms with Gasteiger partial charge in [0.05, 0.1) is 4.47 Å². The second kappa shape index (κ2) is 5.88. The van der Waals surface area contributed by atoms with Gasteiger partial charge in [0.25, 0.3) is 0 Å². The molecule has 0 spiro atoms. The van der Waals surface area contributed by atoms with Crippen LogP contribution in [-0.4, -0.2) is 5.11 Å². The molecule has 0 fully saturated rings. The number of phenolic OH excluding ortho intramolecular Hbond substituents is 1. The van der Waals surface area contributed by atoms with Crippen molar-refractivity contribution in [1.82, 2.24) is 0 Å². The molecule has 0 unspecified atom stereocenters. The number of hydrogen-bond acceptors (Lipinski definition) is 2. The first-order chi connectivity index (χ1) is 8.56. The number of benzene rings is 2. The maximum absolute atomic E-state index is 12.9. The predicted molar refractivity (Wildman–Crippen MR) is 82.3 cm³/mol. The van der Waals surface area contributed by atoms with Gasteiger partial charge in [-0.25, -0.2) is 4.39 Å². The third kappa shape index (κ3) is 3.35. The van der Waals surface area contributed by atoms with E-state index in [1.807, 2.05) is 12.1 Å². The summed E-state index contributed by atoms with van der Waals surface area (Å²) in [4.78, 5) is 0. The van der Waals surface area contributed by atoms with E-state index >= 15 is 0 Å². The summed E-state index contributed by atoms with van der Waals surface area (Å²) in [6, 6.07) is 9.94. The number of aromatic hydroxyl groups is 1. The van der Waals surface area contributed by atoms with Crippen LogP contribution in [0.25, 0.3) is 0 Å². The van der Waals surface area contributed by atoms with Crippen LogP contribution >= 0.6 is 38.5 Å². The van der Waals surface area contributed by atoms with Crippen molar-refractivity contribution in [1.29, 1.82) is 0 Å². The van der Waals surface area contributed by atoms with E-state index in [0.717, 1.165) is 14.8 Å². The Balaban J connectivity index is 2.09. The van der Waals surface area contributed by atoms with Crippen LogP contribution in [-0.2, 0) is 6.54 Å². The molecule has 94 valence electrons. The second-order valence-electron chi connectivity index (χ2n) is 3.76. The Hall–Kier alpha value is -0.820. The Labute approximate surface area is 126 Å². The first-order valence-electron chi connectivity index (χ1n) is 5.22. The first-order valence-corrected chi connectivity index (χ1v) is 7.10. The molecule has 0 atom stereocenters. The molecule has 2 N–H and O–H groups in total. The maximum Gasteiger partial charge on any atom is 0.129 e. The van der Waals surface area contributed by atoms with Gasteiger partial charge in [-0.3, -0.25) is 0 Å². The molecule has 0 saturated carbocycles. The highest BCUT2D eigenvalue weighted by Gasteiger charge is 2.03. The van der Waals surface area contributed by atoms with Gasteiger partial charge in [0, 0.05) is 15.8 Å². The molecular formula is C13H10BrFINO. The van der Waals surface area contributed by atoms with Crippen molar-refractivity contribution in [3.8, 4) is 5.75 Å². The van der Waals surface area contributed by atoms with Crippen LogP contribution in [0.3, 0.4) is 0 Å². The van der Waals surface area contributed by atoms with Gasteiger partial charge in [-0.1, -0.05) is 6.07 Å². The molecule has 2 aromatic carbocycles. The van der Waals surface area contributed by atoms with Crippen molar-refractivity contribution in [3.63, 3.8) is 0 Å². The molecule has 2 aromatic rings. The topological polar surface area (TPSA) is 32.3 Å². The quantitative estimate of drug-likeness (QED) is 0.714. The van der Waals surface area contributed by atoms with Crippen LogP contribution in [0.1, 0.15) is 5.56 Å². The monoisotopic (exact) mass is 421 g/mol. The zero-order valence-electron chi connectivity index (χ0n) is 9.25. The van der Waals surface area contributed by atoms with Gasteiger partial charge in [-0.2, -0.15) is 0 Å². The lowest BCUT2D eigenvalue weighted by molar-refractivity contribution is 0.471. The van der Waals surface area contributed by atoms with E-state index in [2.05, 4.69) is 43.8 Å². The fourth-order valence-electron chi connectivity index (χ4n) is 1.49. The Bertz CT molecular complexity index is 577. The molecule has 0 aliphatic heterocycles. The van der Waals surface area contributed by atoms with Gasteiger partial charge in [0.1, 0.15) is 11.6 Å². The van der Waals surface area contributed by atoms with Gasteiger partial charge in [0.15, 0.2) is 0 Å². The predicted octanol–water partition coefficient (Wildman–Crippen LogP) is 4.51. The van der Waals surface area contributed by atoms with Crippen molar-refractivity contribution in [3.05, 3.63) is 55.8 Å². The van der Waals surface area contributed by atoms with Crippen molar-refractivity contribution < 1.29 is 9.50 Å². The molecule has 0 aromatic heterocycles. The van der Waals surface area contributed by atoms with Crippen molar-refractivity contribution in [2.24, 2.45) is 0 Å². The molecule has 0 heterocycles. The van der Waals surface area contributed by atoms with Crippen molar-refractivity contribution >= 4 is 44.2 Å². The van der Waals surface area contributed by atoms with E-state index in [0.29, 0.717) is 11.0 Å². The van der Waals surface area contributed by atoms with E-state index in [-0.39, 0.29) is 11.6 Å². The zero-order chi connectivity index (χ0) is 13.1. The highest BCUT2D eigenvalue weighted by molar-refractivity contribution is 14.1. The number of halogens is 3. The lowest BCUT2D eigenvalue weighted by Crippen LogP contribution is -2.01. The second-order valence-corrected chi connectivity index (χ2v) is 5.78. The summed E-state index contributed by atoms with van der Waals surface area (Å²) >= 11 is 5.36. The van der Waals surface area contributed by atoms with Gasteiger partial charge in [-0.15, -0.1) is 0 Å². The Morgan fingerprint density at radius 1 is 1.22 bits per heavy atom. The van der Waals surface area contributed by atoms with Crippen LogP contribution < -0.4 is 5.32 Å². The molecule has 2 nitrogen and oxygen atoms in total. The molecule has 0 aliphatic rings. The minimum absolute atomic E-state index is 0.218. The largest absolute Gasteiger partial charge is 0.507 e. The molecule has 18 heavy (non-hydrogen) atoms. The highest BCUT2D eigenvalue weighted by Crippen LogP contribution is 2.25. The number of anilines is 1.